The molecule has 5 nitrogen and oxygen atoms in total. The van der Waals surface area contributed by atoms with Crippen molar-refractivity contribution in [1.82, 2.24) is 4.98 Å². The second-order valence-corrected chi connectivity index (χ2v) is 7.81. The Hall–Kier alpha value is -2.86. The molecule has 1 aromatic heterocycles. The molecule has 2 N–H and O–H groups in total. The van der Waals surface area contributed by atoms with Crippen LogP contribution < -0.4 is 10.0 Å². The van der Waals surface area contributed by atoms with Crippen LogP contribution in [0.2, 0.25) is 0 Å². The van der Waals surface area contributed by atoms with Gasteiger partial charge >= 0.3 is 0 Å². The normalized spacial score (nSPS) is 11.2. The Morgan fingerprint density at radius 1 is 0.923 bits per heavy atom. The van der Waals surface area contributed by atoms with Crippen LogP contribution in [0.5, 0.6) is 0 Å². The molecule has 0 saturated heterocycles. The van der Waals surface area contributed by atoms with E-state index in [0.717, 1.165) is 5.56 Å². The molecule has 0 radical (unpaired) electrons. The van der Waals surface area contributed by atoms with Crippen LogP contribution >= 0.6 is 0 Å². The van der Waals surface area contributed by atoms with Crippen molar-refractivity contribution in [1.29, 1.82) is 0 Å². The highest BCUT2D eigenvalue weighted by Crippen LogP contribution is 2.17. The smallest absolute Gasteiger partial charge is 0.261 e. The number of aryl methyl sites for hydroxylation is 2. The van der Waals surface area contributed by atoms with Crippen molar-refractivity contribution in [3.8, 4) is 0 Å². The van der Waals surface area contributed by atoms with E-state index < -0.39 is 10.0 Å². The molecule has 0 aliphatic heterocycles. The molecule has 1 heterocycles. The Labute approximate surface area is 154 Å². The topological polar surface area (TPSA) is 71.1 Å². The van der Waals surface area contributed by atoms with E-state index in [0.29, 0.717) is 18.1 Å². The van der Waals surface area contributed by atoms with Crippen LogP contribution in [0.4, 0.5) is 11.5 Å². The molecule has 3 aromatic rings. The molecule has 6 heteroatoms. The van der Waals surface area contributed by atoms with Crippen LogP contribution in [-0.2, 0) is 16.6 Å². The van der Waals surface area contributed by atoms with Crippen LogP contribution in [0.15, 0.2) is 71.8 Å². The molecule has 26 heavy (non-hydrogen) atoms. The molecule has 0 aliphatic carbocycles. The van der Waals surface area contributed by atoms with Crippen LogP contribution in [-0.4, -0.2) is 13.4 Å². The lowest BCUT2D eigenvalue weighted by Gasteiger charge is -2.10. The van der Waals surface area contributed by atoms with Gasteiger partial charge < -0.3 is 5.32 Å². The number of rotatable bonds is 6. The molecule has 0 saturated carbocycles. The van der Waals surface area contributed by atoms with E-state index in [9.17, 15) is 8.42 Å². The lowest BCUT2D eigenvalue weighted by atomic mass is 10.1. The first-order valence-corrected chi connectivity index (χ1v) is 9.76. The standard InChI is InChI=1S/C20H21N3O2S/c1-15-7-10-19(11-8-15)26(24,25)23-18-9-12-20(22-14-18)21-13-17-6-4-3-5-16(17)2/h3-12,14,23H,13H2,1-2H3,(H,21,22). The van der Waals surface area contributed by atoms with Crippen molar-refractivity contribution in [3.63, 3.8) is 0 Å². The van der Waals surface area contributed by atoms with Gasteiger partial charge in [0.05, 0.1) is 16.8 Å². The molecular formula is C20H21N3O2S. The largest absolute Gasteiger partial charge is 0.366 e. The molecule has 2 aromatic carbocycles. The first kappa shape index (κ1) is 17.9. The van der Waals surface area contributed by atoms with Crippen molar-refractivity contribution in [2.75, 3.05) is 10.0 Å². The fourth-order valence-corrected chi connectivity index (χ4v) is 3.53. The lowest BCUT2D eigenvalue weighted by molar-refractivity contribution is 0.601. The summed E-state index contributed by atoms with van der Waals surface area (Å²) in [7, 11) is -3.61. The Morgan fingerprint density at radius 3 is 2.31 bits per heavy atom. The van der Waals surface area contributed by atoms with E-state index >= 15 is 0 Å². The fourth-order valence-electron chi connectivity index (χ4n) is 2.48. The van der Waals surface area contributed by atoms with E-state index in [1.54, 1.807) is 36.4 Å². The second-order valence-electron chi connectivity index (χ2n) is 6.13. The number of pyridine rings is 1. The molecule has 0 aliphatic rings. The highest BCUT2D eigenvalue weighted by atomic mass is 32.2. The summed E-state index contributed by atoms with van der Waals surface area (Å²) >= 11 is 0. The Morgan fingerprint density at radius 2 is 1.65 bits per heavy atom. The van der Waals surface area contributed by atoms with Crippen LogP contribution in [0.3, 0.4) is 0 Å². The summed E-state index contributed by atoms with van der Waals surface area (Å²) < 4.78 is 27.3. The van der Waals surface area contributed by atoms with Crippen LogP contribution in [0.25, 0.3) is 0 Å². The number of anilines is 2. The maximum Gasteiger partial charge on any atom is 0.261 e. The summed E-state index contributed by atoms with van der Waals surface area (Å²) in [5.74, 6) is 0.687. The molecule has 134 valence electrons. The summed E-state index contributed by atoms with van der Waals surface area (Å²) in [6.45, 7) is 4.64. The molecule has 0 spiro atoms. The minimum absolute atomic E-state index is 0.227. The van der Waals surface area contributed by atoms with Gasteiger partial charge in [0.2, 0.25) is 0 Å². The quantitative estimate of drug-likeness (QED) is 0.688. The van der Waals surface area contributed by atoms with Gasteiger partial charge in [0, 0.05) is 6.54 Å². The first-order valence-electron chi connectivity index (χ1n) is 8.28. The third-order valence-electron chi connectivity index (χ3n) is 4.07. The van der Waals surface area contributed by atoms with Crippen molar-refractivity contribution in [3.05, 3.63) is 83.6 Å². The molecule has 3 rings (SSSR count). The molecule has 0 atom stereocenters. The van der Waals surface area contributed by atoms with E-state index in [2.05, 4.69) is 34.1 Å². The molecule has 0 fully saturated rings. The van der Waals surface area contributed by atoms with E-state index in [1.807, 2.05) is 19.1 Å². The average Bonchev–Trinajstić information content (AvgIpc) is 2.62. The van der Waals surface area contributed by atoms with Gasteiger partial charge in [0.25, 0.3) is 10.0 Å². The van der Waals surface area contributed by atoms with Crippen molar-refractivity contribution < 1.29 is 8.42 Å². The third kappa shape index (κ3) is 4.40. The zero-order valence-electron chi connectivity index (χ0n) is 14.7. The van der Waals surface area contributed by atoms with Gasteiger partial charge in [-0.2, -0.15) is 0 Å². The van der Waals surface area contributed by atoms with Crippen molar-refractivity contribution >= 4 is 21.5 Å². The number of aromatic nitrogens is 1. The van der Waals surface area contributed by atoms with E-state index in [4.69, 9.17) is 0 Å². The zero-order chi connectivity index (χ0) is 18.6. The fraction of sp³-hybridized carbons (Fsp3) is 0.150. The van der Waals surface area contributed by atoms with Crippen molar-refractivity contribution in [2.24, 2.45) is 0 Å². The van der Waals surface area contributed by atoms with E-state index in [-0.39, 0.29) is 4.90 Å². The number of hydrogen-bond acceptors (Lipinski definition) is 4. The second kappa shape index (κ2) is 7.58. The van der Waals surface area contributed by atoms with Gasteiger partial charge in [-0.25, -0.2) is 13.4 Å². The molecule has 0 amide bonds. The Kier molecular flexibility index (Phi) is 5.23. The predicted octanol–water partition coefficient (Wildman–Crippen LogP) is 4.11. The number of nitrogens with zero attached hydrogens (tertiary/aromatic N) is 1. The van der Waals surface area contributed by atoms with Gasteiger partial charge in [0.15, 0.2) is 0 Å². The Balaban J connectivity index is 1.66. The summed E-state index contributed by atoms with van der Waals surface area (Å²) in [6, 6.07) is 18.3. The van der Waals surface area contributed by atoms with E-state index in [1.165, 1.54) is 17.3 Å². The van der Waals surface area contributed by atoms with Crippen LogP contribution in [0.1, 0.15) is 16.7 Å². The van der Waals surface area contributed by atoms with Gasteiger partial charge in [-0.1, -0.05) is 42.0 Å². The summed E-state index contributed by atoms with van der Waals surface area (Å²) in [4.78, 5) is 4.50. The summed E-state index contributed by atoms with van der Waals surface area (Å²) in [6.07, 6.45) is 1.51. The Bertz CT molecular complexity index is 982. The molecule has 0 unspecified atom stereocenters. The maximum absolute atomic E-state index is 12.4. The minimum atomic E-state index is -3.61. The first-order chi connectivity index (χ1) is 12.4. The number of benzene rings is 2. The van der Waals surface area contributed by atoms with Crippen molar-refractivity contribution in [2.45, 2.75) is 25.3 Å². The highest BCUT2D eigenvalue weighted by molar-refractivity contribution is 7.92. The molecular weight excluding hydrogens is 346 g/mol. The van der Waals surface area contributed by atoms with Gasteiger partial charge in [-0.3, -0.25) is 4.72 Å². The van der Waals surface area contributed by atoms with Gasteiger partial charge in [-0.15, -0.1) is 0 Å². The average molecular weight is 367 g/mol. The van der Waals surface area contributed by atoms with Crippen LogP contribution in [0, 0.1) is 13.8 Å². The zero-order valence-corrected chi connectivity index (χ0v) is 15.5. The number of hydrogen-bond donors (Lipinski definition) is 2. The van der Waals surface area contributed by atoms with Gasteiger partial charge in [0.1, 0.15) is 5.82 Å². The third-order valence-corrected chi connectivity index (χ3v) is 5.47. The lowest BCUT2D eigenvalue weighted by Crippen LogP contribution is -2.13. The minimum Gasteiger partial charge on any atom is -0.366 e. The highest BCUT2D eigenvalue weighted by Gasteiger charge is 2.13. The number of sulfonamides is 1. The predicted molar refractivity (Wildman–Crippen MR) is 105 cm³/mol. The summed E-state index contributed by atoms with van der Waals surface area (Å²) in [5.41, 5.74) is 3.84. The monoisotopic (exact) mass is 367 g/mol. The maximum atomic E-state index is 12.4. The molecule has 0 bridgehead atoms. The summed E-state index contributed by atoms with van der Waals surface area (Å²) in [5, 5.41) is 3.24. The van der Waals surface area contributed by atoms with Gasteiger partial charge in [-0.05, 0) is 49.2 Å². The number of nitrogens with one attached hydrogen (secondary N) is 2. The SMILES string of the molecule is Cc1ccc(S(=O)(=O)Nc2ccc(NCc3ccccc3C)nc2)cc1.